The minimum atomic E-state index is -0.988. The second-order valence-electron chi connectivity index (χ2n) is 17.6. The fourth-order valence-electron chi connectivity index (χ4n) is 7.88. The van der Waals surface area contributed by atoms with Gasteiger partial charge in [-0.2, -0.15) is 0 Å². The zero-order valence-electron chi connectivity index (χ0n) is 33.2. The number of ether oxygens (including phenoxy) is 1. The van der Waals surface area contributed by atoms with Crippen LogP contribution in [0.4, 0.5) is 0 Å². The number of carbonyl (C=O) groups excluding carboxylic acids is 3. The fourth-order valence-corrected chi connectivity index (χ4v) is 7.88. The highest BCUT2D eigenvalue weighted by atomic mass is 16.5. The standard InChI is InChI=1S/C24H28O3.C23H26O3/c1-15-13-19-20(24(4,5)12-11-23(19,2)3)14-18(15)21(25)16-7-9-17(10-8-16)22(26)27-6;1-14-12-18-19(23(4,5)11-10-22(18,2)3)13-17(14)20(24)15-6-8-16(9-7-15)21(25)26/h7-10,13-14H,11-12H2,1-6H3;6-9,12-13H,10-11H2,1-5H3,(H,25,26). The van der Waals surface area contributed by atoms with E-state index in [0.717, 1.165) is 42.4 Å². The summed E-state index contributed by atoms with van der Waals surface area (Å²) in [6, 6.07) is 21.4. The summed E-state index contributed by atoms with van der Waals surface area (Å²) in [4.78, 5) is 48.8. The molecule has 0 saturated carbocycles. The van der Waals surface area contributed by atoms with Crippen LogP contribution in [0.2, 0.25) is 0 Å². The number of ketones is 2. The molecule has 0 unspecified atom stereocenters. The number of carboxylic acid groups (broad SMARTS) is 1. The first-order chi connectivity index (χ1) is 24.6. The van der Waals surface area contributed by atoms with Crippen LogP contribution in [-0.2, 0) is 26.4 Å². The van der Waals surface area contributed by atoms with Gasteiger partial charge in [-0.15, -0.1) is 0 Å². The van der Waals surface area contributed by atoms with Crippen molar-refractivity contribution in [1.82, 2.24) is 0 Å². The van der Waals surface area contributed by atoms with E-state index in [0.29, 0.717) is 22.3 Å². The van der Waals surface area contributed by atoms with Crippen LogP contribution in [0, 0.1) is 13.8 Å². The van der Waals surface area contributed by atoms with Crippen LogP contribution in [0.1, 0.15) is 167 Å². The predicted molar refractivity (Wildman–Crippen MR) is 211 cm³/mol. The minimum Gasteiger partial charge on any atom is -0.478 e. The van der Waals surface area contributed by atoms with Gasteiger partial charge in [-0.1, -0.05) is 91.8 Å². The number of hydrogen-bond donors (Lipinski definition) is 1. The van der Waals surface area contributed by atoms with E-state index in [2.05, 4.69) is 79.7 Å². The van der Waals surface area contributed by atoms with Crippen molar-refractivity contribution in [2.45, 2.75) is 117 Å². The lowest BCUT2D eigenvalue weighted by Crippen LogP contribution is -2.34. The van der Waals surface area contributed by atoms with Gasteiger partial charge in [-0.25, -0.2) is 9.59 Å². The van der Waals surface area contributed by atoms with Crippen LogP contribution in [0.15, 0.2) is 72.8 Å². The SMILES string of the molecule is COC(=O)c1ccc(C(=O)c2cc3c(cc2C)C(C)(C)CCC3(C)C)cc1.Cc1cc2c(cc1C(=O)c1ccc(C(=O)O)cc1)C(C)(C)CCC2(C)C. The van der Waals surface area contributed by atoms with E-state index in [1.165, 1.54) is 41.5 Å². The third kappa shape index (κ3) is 7.78. The summed E-state index contributed by atoms with van der Waals surface area (Å²) in [7, 11) is 1.35. The molecule has 0 aromatic heterocycles. The fraction of sp³-hybridized carbons (Fsp3) is 0.404. The van der Waals surface area contributed by atoms with Crippen molar-refractivity contribution in [1.29, 1.82) is 0 Å². The molecule has 6 nitrogen and oxygen atoms in total. The summed E-state index contributed by atoms with van der Waals surface area (Å²) in [5, 5.41) is 9.03. The van der Waals surface area contributed by atoms with Crippen LogP contribution in [0.3, 0.4) is 0 Å². The molecule has 53 heavy (non-hydrogen) atoms. The summed E-state index contributed by atoms with van der Waals surface area (Å²) in [5.74, 6) is -1.45. The number of aryl methyl sites for hydroxylation is 2. The molecule has 4 aromatic carbocycles. The second kappa shape index (κ2) is 14.2. The van der Waals surface area contributed by atoms with E-state index in [4.69, 9.17) is 9.84 Å². The van der Waals surface area contributed by atoms with Crippen molar-refractivity contribution >= 4 is 23.5 Å². The number of carbonyl (C=O) groups is 4. The zero-order valence-corrected chi connectivity index (χ0v) is 33.2. The third-order valence-electron chi connectivity index (χ3n) is 11.8. The second-order valence-corrected chi connectivity index (χ2v) is 17.6. The van der Waals surface area contributed by atoms with E-state index in [-0.39, 0.29) is 38.8 Å². The van der Waals surface area contributed by atoms with Crippen molar-refractivity contribution in [3.05, 3.63) is 140 Å². The predicted octanol–water partition coefficient (Wildman–Crippen LogP) is 10.6. The van der Waals surface area contributed by atoms with Crippen LogP contribution in [-0.4, -0.2) is 35.7 Å². The molecule has 6 heteroatoms. The van der Waals surface area contributed by atoms with Gasteiger partial charge >= 0.3 is 11.9 Å². The number of hydrogen-bond acceptors (Lipinski definition) is 5. The average molecular weight is 715 g/mol. The molecule has 0 amide bonds. The summed E-state index contributed by atoms with van der Waals surface area (Å²) in [6.45, 7) is 22.1. The van der Waals surface area contributed by atoms with Crippen molar-refractivity contribution < 1.29 is 29.0 Å². The summed E-state index contributed by atoms with van der Waals surface area (Å²) in [5.41, 5.74) is 10.7. The smallest absolute Gasteiger partial charge is 0.337 e. The van der Waals surface area contributed by atoms with Gasteiger partial charge < -0.3 is 9.84 Å². The Labute approximate surface area is 315 Å². The molecule has 4 aromatic rings. The number of methoxy groups -OCH3 is 1. The quantitative estimate of drug-likeness (QED) is 0.158. The Morgan fingerprint density at radius 1 is 0.491 bits per heavy atom. The van der Waals surface area contributed by atoms with Gasteiger partial charge in [0.05, 0.1) is 18.2 Å². The highest BCUT2D eigenvalue weighted by Gasteiger charge is 2.39. The highest BCUT2D eigenvalue weighted by Crippen LogP contribution is 2.48. The first kappa shape index (κ1) is 39.4. The Bertz CT molecular complexity index is 2090. The van der Waals surface area contributed by atoms with Gasteiger partial charge in [0.15, 0.2) is 11.6 Å². The maximum Gasteiger partial charge on any atom is 0.337 e. The molecule has 278 valence electrons. The first-order valence-electron chi connectivity index (χ1n) is 18.5. The molecule has 2 aliphatic carbocycles. The Morgan fingerprint density at radius 3 is 1.08 bits per heavy atom. The van der Waals surface area contributed by atoms with E-state index >= 15 is 0 Å². The van der Waals surface area contributed by atoms with Gasteiger partial charge in [0.25, 0.3) is 0 Å². The number of esters is 1. The lowest BCUT2D eigenvalue weighted by molar-refractivity contribution is 0.0599. The number of aromatic carboxylic acids is 1. The highest BCUT2D eigenvalue weighted by molar-refractivity contribution is 6.11. The van der Waals surface area contributed by atoms with E-state index in [1.54, 1.807) is 36.4 Å². The zero-order chi connectivity index (χ0) is 39.3. The molecule has 0 atom stereocenters. The molecule has 0 saturated heterocycles. The topological polar surface area (TPSA) is 97.7 Å². The van der Waals surface area contributed by atoms with Crippen LogP contribution >= 0.6 is 0 Å². The minimum absolute atomic E-state index is 0.00843. The largest absolute Gasteiger partial charge is 0.478 e. The third-order valence-corrected chi connectivity index (χ3v) is 11.8. The molecule has 1 N–H and O–H groups in total. The molecule has 0 spiro atoms. The number of benzene rings is 4. The Kier molecular flexibility index (Phi) is 10.5. The van der Waals surface area contributed by atoms with E-state index in [9.17, 15) is 19.2 Å². The summed E-state index contributed by atoms with van der Waals surface area (Å²) >= 11 is 0. The van der Waals surface area contributed by atoms with Crippen molar-refractivity contribution in [3.63, 3.8) is 0 Å². The Morgan fingerprint density at radius 2 is 0.774 bits per heavy atom. The van der Waals surface area contributed by atoms with E-state index in [1.807, 2.05) is 13.8 Å². The number of fused-ring (bicyclic) bond motifs is 2. The molecule has 0 aliphatic heterocycles. The maximum atomic E-state index is 13.2. The van der Waals surface area contributed by atoms with Gasteiger partial charge in [0.2, 0.25) is 0 Å². The molecular weight excluding hydrogens is 661 g/mol. The monoisotopic (exact) mass is 714 g/mol. The molecule has 6 rings (SSSR count). The number of rotatable bonds is 6. The number of carboxylic acids is 1. The van der Waals surface area contributed by atoms with Crippen molar-refractivity contribution in [3.8, 4) is 0 Å². The van der Waals surface area contributed by atoms with Gasteiger partial charge in [-0.05, 0) is 131 Å². The van der Waals surface area contributed by atoms with Gasteiger partial charge in [0, 0.05) is 22.3 Å². The normalized spacial score (nSPS) is 17.3. The van der Waals surface area contributed by atoms with Crippen LogP contribution in [0.25, 0.3) is 0 Å². The lowest BCUT2D eigenvalue weighted by Gasteiger charge is -2.42. The van der Waals surface area contributed by atoms with Crippen LogP contribution < -0.4 is 0 Å². The molecular formula is C47H54O6. The molecule has 0 fully saturated rings. The summed E-state index contributed by atoms with van der Waals surface area (Å²) < 4.78 is 4.72. The molecule has 0 radical (unpaired) electrons. The first-order valence-corrected chi connectivity index (χ1v) is 18.5. The average Bonchev–Trinajstić information content (AvgIpc) is 3.11. The van der Waals surface area contributed by atoms with E-state index < -0.39 is 11.9 Å². The van der Waals surface area contributed by atoms with Gasteiger partial charge in [0.1, 0.15) is 0 Å². The van der Waals surface area contributed by atoms with Crippen molar-refractivity contribution in [2.75, 3.05) is 7.11 Å². The van der Waals surface area contributed by atoms with Crippen LogP contribution in [0.5, 0.6) is 0 Å². The van der Waals surface area contributed by atoms with Gasteiger partial charge in [-0.3, -0.25) is 9.59 Å². The molecule has 2 aliphatic rings. The lowest BCUT2D eigenvalue weighted by atomic mass is 9.62. The Balaban J connectivity index is 0.000000204. The maximum absolute atomic E-state index is 13.2. The molecule has 0 heterocycles. The molecule has 0 bridgehead atoms. The Hall–Kier alpha value is -4.84. The van der Waals surface area contributed by atoms with Crippen molar-refractivity contribution in [2.24, 2.45) is 0 Å². The summed E-state index contributed by atoms with van der Waals surface area (Å²) in [6.07, 6.45) is 4.49.